The van der Waals surface area contributed by atoms with E-state index < -0.39 is 4.92 Å². The summed E-state index contributed by atoms with van der Waals surface area (Å²) in [4.78, 5) is 26.4. The summed E-state index contributed by atoms with van der Waals surface area (Å²) in [5, 5.41) is 19.9. The summed E-state index contributed by atoms with van der Waals surface area (Å²) >= 11 is 1.14. The summed E-state index contributed by atoms with van der Waals surface area (Å²) in [6.07, 6.45) is 3.30. The minimum Gasteiger partial charge on any atom is -0.311 e. The number of benzene rings is 2. The summed E-state index contributed by atoms with van der Waals surface area (Å²) in [7, 11) is 1.76. The number of hydrogen-bond donors (Lipinski definition) is 0. The Hall–Kier alpha value is -3.20. The molecular formula is C20H21N5O3S. The minimum absolute atomic E-state index is 0.132. The molecule has 0 saturated heterocycles. The molecule has 8 nitrogen and oxygen atoms in total. The fourth-order valence-corrected chi connectivity index (χ4v) is 3.62. The fraction of sp³-hybridized carbons (Fsp3) is 0.250. The third kappa shape index (κ3) is 4.80. The van der Waals surface area contributed by atoms with Gasteiger partial charge in [0.15, 0.2) is 5.16 Å². The molecule has 29 heavy (non-hydrogen) atoms. The molecule has 150 valence electrons. The fourth-order valence-electron chi connectivity index (χ4n) is 2.77. The number of amides is 1. The first-order chi connectivity index (χ1) is 14.0. The lowest BCUT2D eigenvalue weighted by molar-refractivity contribution is -0.387. The maximum atomic E-state index is 13.2. The molecule has 1 aromatic heterocycles. The van der Waals surface area contributed by atoms with Gasteiger partial charge in [0.05, 0.1) is 9.82 Å². The number of para-hydroxylation sites is 1. The third-order valence-electron chi connectivity index (χ3n) is 4.32. The predicted octanol–water partition coefficient (Wildman–Crippen LogP) is 4.32. The van der Waals surface area contributed by atoms with Gasteiger partial charge in [-0.1, -0.05) is 31.5 Å². The number of carbonyl (C=O) groups is 1. The average Bonchev–Trinajstić information content (AvgIpc) is 3.13. The molecule has 0 saturated carbocycles. The van der Waals surface area contributed by atoms with Gasteiger partial charge in [0.25, 0.3) is 11.6 Å². The van der Waals surface area contributed by atoms with Gasteiger partial charge in [-0.25, -0.2) is 0 Å². The van der Waals surface area contributed by atoms with E-state index in [2.05, 4.69) is 17.1 Å². The maximum Gasteiger partial charge on any atom is 0.284 e. The quantitative estimate of drug-likeness (QED) is 0.405. The highest BCUT2D eigenvalue weighted by atomic mass is 32.2. The Morgan fingerprint density at radius 3 is 2.62 bits per heavy atom. The summed E-state index contributed by atoms with van der Waals surface area (Å²) in [5.74, 6) is -0.261. The number of aromatic nitrogens is 3. The molecule has 0 bridgehead atoms. The molecule has 0 unspecified atom stereocenters. The second-order valence-electron chi connectivity index (χ2n) is 6.41. The maximum absolute atomic E-state index is 13.2. The Morgan fingerprint density at radius 2 is 2.00 bits per heavy atom. The van der Waals surface area contributed by atoms with Gasteiger partial charge in [0, 0.05) is 30.9 Å². The zero-order valence-corrected chi connectivity index (χ0v) is 17.0. The van der Waals surface area contributed by atoms with E-state index in [9.17, 15) is 14.9 Å². The number of rotatable bonds is 8. The molecule has 1 amide bonds. The highest BCUT2D eigenvalue weighted by Crippen LogP contribution is 2.34. The number of nitro groups is 1. The number of nitro benzene ring substituents is 1. The van der Waals surface area contributed by atoms with Crippen LogP contribution < -0.4 is 4.90 Å². The lowest BCUT2D eigenvalue weighted by Crippen LogP contribution is -2.31. The molecule has 0 N–H and O–H groups in total. The van der Waals surface area contributed by atoms with Crippen molar-refractivity contribution in [2.24, 2.45) is 7.05 Å². The van der Waals surface area contributed by atoms with Gasteiger partial charge in [-0.2, -0.15) is 0 Å². The molecule has 2 aromatic carbocycles. The number of nitrogens with zero attached hydrogens (tertiary/aromatic N) is 5. The van der Waals surface area contributed by atoms with Crippen LogP contribution >= 0.6 is 11.8 Å². The number of aryl methyl sites for hydroxylation is 1. The smallest absolute Gasteiger partial charge is 0.284 e. The normalized spacial score (nSPS) is 10.7. The first-order valence-corrected chi connectivity index (χ1v) is 10.00. The highest BCUT2D eigenvalue weighted by Gasteiger charge is 2.23. The van der Waals surface area contributed by atoms with E-state index in [1.807, 2.05) is 30.3 Å². The average molecular weight is 411 g/mol. The van der Waals surface area contributed by atoms with Crippen molar-refractivity contribution in [1.29, 1.82) is 0 Å². The van der Waals surface area contributed by atoms with Crippen LogP contribution in [0.4, 0.5) is 11.4 Å². The van der Waals surface area contributed by atoms with Crippen LogP contribution in [0.5, 0.6) is 0 Å². The van der Waals surface area contributed by atoms with E-state index in [-0.39, 0.29) is 17.2 Å². The standard InChI is InChI=1S/C20H21N5O3S/c1-3-4-12-24(16-8-6-5-7-9-16)19(26)15-10-11-18(17(13-15)25(27)28)29-20-22-21-14-23(20)2/h5-11,13-14H,3-4,12H2,1-2H3. The second-order valence-corrected chi connectivity index (χ2v) is 7.42. The molecule has 0 aliphatic heterocycles. The molecule has 3 aromatic rings. The van der Waals surface area contributed by atoms with Crippen molar-refractivity contribution < 1.29 is 9.72 Å². The lowest BCUT2D eigenvalue weighted by atomic mass is 10.1. The SMILES string of the molecule is CCCCN(C(=O)c1ccc(Sc2nncn2C)c([N+](=O)[O-])c1)c1ccccc1. The zero-order valence-electron chi connectivity index (χ0n) is 16.2. The Labute approximate surface area is 172 Å². The first kappa shape index (κ1) is 20.5. The van der Waals surface area contributed by atoms with Crippen molar-refractivity contribution in [3.63, 3.8) is 0 Å². The topological polar surface area (TPSA) is 94.2 Å². The Balaban J connectivity index is 1.94. The van der Waals surface area contributed by atoms with Crippen molar-refractivity contribution in [3.05, 3.63) is 70.5 Å². The van der Waals surface area contributed by atoms with Crippen LogP contribution in [0.15, 0.2) is 64.9 Å². The third-order valence-corrected chi connectivity index (χ3v) is 5.44. The molecule has 0 aliphatic rings. The summed E-state index contributed by atoms with van der Waals surface area (Å²) in [6.45, 7) is 2.60. The molecule has 3 rings (SSSR count). The van der Waals surface area contributed by atoms with E-state index in [4.69, 9.17) is 0 Å². The monoisotopic (exact) mass is 411 g/mol. The summed E-state index contributed by atoms with van der Waals surface area (Å²) < 4.78 is 1.68. The van der Waals surface area contributed by atoms with Crippen molar-refractivity contribution in [3.8, 4) is 0 Å². The van der Waals surface area contributed by atoms with Gasteiger partial charge in [-0.15, -0.1) is 10.2 Å². The Bertz CT molecular complexity index is 1010. The van der Waals surface area contributed by atoms with Crippen molar-refractivity contribution in [1.82, 2.24) is 14.8 Å². The zero-order chi connectivity index (χ0) is 20.8. The van der Waals surface area contributed by atoms with Crippen LogP contribution in [0.25, 0.3) is 0 Å². The van der Waals surface area contributed by atoms with Crippen molar-refractivity contribution in [2.75, 3.05) is 11.4 Å². The largest absolute Gasteiger partial charge is 0.311 e. The van der Waals surface area contributed by atoms with Gasteiger partial charge >= 0.3 is 0 Å². The van der Waals surface area contributed by atoms with Crippen LogP contribution in [0.1, 0.15) is 30.1 Å². The number of unbranched alkanes of at least 4 members (excludes halogenated alkanes) is 1. The van der Waals surface area contributed by atoms with Gasteiger partial charge in [-0.3, -0.25) is 14.9 Å². The second kappa shape index (κ2) is 9.33. The molecule has 0 radical (unpaired) electrons. The highest BCUT2D eigenvalue weighted by molar-refractivity contribution is 7.99. The molecule has 0 atom stereocenters. The van der Waals surface area contributed by atoms with Gasteiger partial charge in [0.2, 0.25) is 0 Å². The molecule has 0 aliphatic carbocycles. The summed E-state index contributed by atoms with van der Waals surface area (Å²) in [5.41, 5.74) is 0.914. The number of anilines is 1. The Morgan fingerprint density at radius 1 is 1.24 bits per heavy atom. The molecule has 1 heterocycles. The van der Waals surface area contributed by atoms with E-state index in [1.165, 1.54) is 12.4 Å². The van der Waals surface area contributed by atoms with Crippen LogP contribution in [0.3, 0.4) is 0 Å². The van der Waals surface area contributed by atoms with Gasteiger partial charge in [0.1, 0.15) is 6.33 Å². The predicted molar refractivity (Wildman–Crippen MR) is 111 cm³/mol. The van der Waals surface area contributed by atoms with Crippen LogP contribution in [0, 0.1) is 10.1 Å². The van der Waals surface area contributed by atoms with E-state index in [1.54, 1.807) is 28.6 Å². The van der Waals surface area contributed by atoms with Crippen LogP contribution in [-0.2, 0) is 7.05 Å². The van der Waals surface area contributed by atoms with Crippen molar-refractivity contribution in [2.45, 2.75) is 29.8 Å². The van der Waals surface area contributed by atoms with Crippen LogP contribution in [-0.4, -0.2) is 32.1 Å². The lowest BCUT2D eigenvalue weighted by Gasteiger charge is -2.23. The summed E-state index contributed by atoms with van der Waals surface area (Å²) in [6, 6.07) is 13.9. The molecule has 0 spiro atoms. The van der Waals surface area contributed by atoms with E-state index in [0.717, 1.165) is 30.3 Å². The first-order valence-electron chi connectivity index (χ1n) is 9.18. The van der Waals surface area contributed by atoms with E-state index in [0.29, 0.717) is 16.6 Å². The molecular weight excluding hydrogens is 390 g/mol. The minimum atomic E-state index is -0.478. The number of hydrogen-bond acceptors (Lipinski definition) is 6. The van der Waals surface area contributed by atoms with Gasteiger partial charge < -0.3 is 9.47 Å². The van der Waals surface area contributed by atoms with E-state index >= 15 is 0 Å². The molecule has 9 heteroatoms. The van der Waals surface area contributed by atoms with Crippen LogP contribution in [0.2, 0.25) is 0 Å². The van der Waals surface area contributed by atoms with Crippen molar-refractivity contribution >= 4 is 29.0 Å². The number of carbonyl (C=O) groups excluding carboxylic acids is 1. The van der Waals surface area contributed by atoms with Gasteiger partial charge in [-0.05, 0) is 42.4 Å². The molecule has 0 fully saturated rings. The Kier molecular flexibility index (Phi) is 6.61.